The molecule has 0 spiro atoms. The molecule has 0 fully saturated rings. The Morgan fingerprint density at radius 1 is 1.30 bits per heavy atom. The van der Waals surface area contributed by atoms with E-state index in [0.717, 1.165) is 6.42 Å². The molecule has 1 aliphatic rings. The molecule has 2 aromatic rings. The molecular weight excluding hydrogens is 373 g/mol. The van der Waals surface area contributed by atoms with Crippen molar-refractivity contribution in [2.75, 3.05) is 23.4 Å². The van der Waals surface area contributed by atoms with Crippen LogP contribution in [0.2, 0.25) is 0 Å². The maximum atomic E-state index is 13.6. The van der Waals surface area contributed by atoms with Gasteiger partial charge >= 0.3 is 0 Å². The van der Waals surface area contributed by atoms with Gasteiger partial charge in [-0.3, -0.25) is 9.59 Å². The fraction of sp³-hybridized carbons (Fsp3) is 0.389. The Hall–Kier alpha value is -2.55. The van der Waals surface area contributed by atoms with E-state index in [1.807, 2.05) is 0 Å². The van der Waals surface area contributed by atoms with Crippen molar-refractivity contribution >= 4 is 29.4 Å². The predicted molar refractivity (Wildman–Crippen MR) is 99.2 cm³/mol. The van der Waals surface area contributed by atoms with Gasteiger partial charge in [-0.2, -0.15) is 0 Å². The summed E-state index contributed by atoms with van der Waals surface area (Å²) in [6.07, 6.45) is 1.42. The van der Waals surface area contributed by atoms with E-state index in [1.54, 1.807) is 19.1 Å². The number of carbonyl (C=O) groups excluding carboxylic acids is 2. The van der Waals surface area contributed by atoms with Gasteiger partial charge in [0, 0.05) is 11.6 Å². The maximum absolute atomic E-state index is 13.6. The topological polar surface area (TPSA) is 93.5 Å². The molecular formula is C18H20FN3O4S. The van der Waals surface area contributed by atoms with Gasteiger partial charge in [0.25, 0.3) is 0 Å². The zero-order valence-corrected chi connectivity index (χ0v) is 15.6. The van der Waals surface area contributed by atoms with Crippen LogP contribution in [-0.2, 0) is 9.59 Å². The van der Waals surface area contributed by atoms with Gasteiger partial charge in [0.05, 0.1) is 24.2 Å². The van der Waals surface area contributed by atoms with Crippen molar-refractivity contribution in [1.29, 1.82) is 0 Å². The van der Waals surface area contributed by atoms with E-state index >= 15 is 0 Å². The lowest BCUT2D eigenvalue weighted by Gasteiger charge is -2.18. The quantitative estimate of drug-likeness (QED) is 0.784. The number of amides is 2. The molecule has 1 aromatic heterocycles. The molecule has 0 saturated heterocycles. The van der Waals surface area contributed by atoms with Crippen molar-refractivity contribution in [3.63, 3.8) is 0 Å². The van der Waals surface area contributed by atoms with Gasteiger partial charge in [0.1, 0.15) is 17.3 Å². The van der Waals surface area contributed by atoms with E-state index in [4.69, 9.17) is 9.26 Å². The molecule has 9 heteroatoms. The molecule has 7 nitrogen and oxygen atoms in total. The minimum absolute atomic E-state index is 0.109. The standard InChI is InChI=1S/C18H20FN3O4S/c1-11-7-16(22-26-11)21-18(24)10-27-9-17(23)20-14-3-2-6-25-15-5-4-12(19)8-13(14)15/h4-5,7-8,14H,2-3,6,9-10H2,1H3,(H,20,23)(H,21,22,24)/t14-/m1/s1. The van der Waals surface area contributed by atoms with Gasteiger partial charge in [0.2, 0.25) is 11.8 Å². The largest absolute Gasteiger partial charge is 0.493 e. The van der Waals surface area contributed by atoms with Crippen LogP contribution < -0.4 is 15.4 Å². The second-order valence-corrected chi connectivity index (χ2v) is 7.14. The van der Waals surface area contributed by atoms with Gasteiger partial charge in [-0.1, -0.05) is 5.16 Å². The predicted octanol–water partition coefficient (Wildman–Crippen LogP) is 2.82. The number of thioether (sulfide) groups is 1. The third-order valence-electron chi connectivity index (χ3n) is 3.94. The molecule has 1 aliphatic heterocycles. The molecule has 0 bridgehead atoms. The number of benzene rings is 1. The van der Waals surface area contributed by atoms with Crippen molar-refractivity contribution in [3.05, 3.63) is 41.4 Å². The number of aryl methyl sites for hydroxylation is 1. The normalized spacial score (nSPS) is 16.0. The monoisotopic (exact) mass is 393 g/mol. The first kappa shape index (κ1) is 19.2. The lowest BCUT2D eigenvalue weighted by atomic mass is 10.0. The van der Waals surface area contributed by atoms with Gasteiger partial charge < -0.3 is 19.9 Å². The minimum atomic E-state index is -0.368. The minimum Gasteiger partial charge on any atom is -0.493 e. The van der Waals surface area contributed by atoms with Crippen molar-refractivity contribution in [3.8, 4) is 5.75 Å². The summed E-state index contributed by atoms with van der Waals surface area (Å²) < 4.78 is 24.0. The van der Waals surface area contributed by atoms with Crippen LogP contribution in [0.4, 0.5) is 10.2 Å². The Morgan fingerprint density at radius 2 is 2.11 bits per heavy atom. The zero-order chi connectivity index (χ0) is 19.2. The van der Waals surface area contributed by atoms with Crippen LogP contribution in [0.15, 0.2) is 28.8 Å². The molecule has 1 atom stereocenters. The average molecular weight is 393 g/mol. The molecule has 27 heavy (non-hydrogen) atoms. The first-order valence-electron chi connectivity index (χ1n) is 8.54. The van der Waals surface area contributed by atoms with Gasteiger partial charge in [-0.05, 0) is 38.0 Å². The van der Waals surface area contributed by atoms with E-state index in [0.29, 0.717) is 35.9 Å². The Labute approximate surface area is 160 Å². The Balaban J connectivity index is 1.48. The van der Waals surface area contributed by atoms with E-state index in [9.17, 15) is 14.0 Å². The number of hydrogen-bond acceptors (Lipinski definition) is 6. The van der Waals surface area contributed by atoms with Crippen molar-refractivity contribution in [1.82, 2.24) is 10.5 Å². The SMILES string of the molecule is Cc1cc(NC(=O)CSCC(=O)N[C@@H]2CCCOc3ccc(F)cc32)no1. The first-order chi connectivity index (χ1) is 13.0. The van der Waals surface area contributed by atoms with Crippen LogP contribution in [0.25, 0.3) is 0 Å². The van der Waals surface area contributed by atoms with Crippen molar-refractivity contribution in [2.45, 2.75) is 25.8 Å². The second-order valence-electron chi connectivity index (χ2n) is 6.16. The Morgan fingerprint density at radius 3 is 2.89 bits per heavy atom. The molecule has 0 radical (unpaired) electrons. The van der Waals surface area contributed by atoms with Crippen LogP contribution >= 0.6 is 11.8 Å². The summed E-state index contributed by atoms with van der Waals surface area (Å²) in [7, 11) is 0. The number of carbonyl (C=O) groups is 2. The lowest BCUT2D eigenvalue weighted by Crippen LogP contribution is -2.30. The highest BCUT2D eigenvalue weighted by Crippen LogP contribution is 2.32. The number of aromatic nitrogens is 1. The lowest BCUT2D eigenvalue weighted by molar-refractivity contribution is -0.119. The highest BCUT2D eigenvalue weighted by atomic mass is 32.2. The zero-order valence-electron chi connectivity index (χ0n) is 14.8. The molecule has 3 rings (SSSR count). The fourth-order valence-corrected chi connectivity index (χ4v) is 3.40. The summed E-state index contributed by atoms with van der Waals surface area (Å²) in [5.74, 6) is 0.914. The van der Waals surface area contributed by atoms with Gasteiger partial charge in [0.15, 0.2) is 5.82 Å². The average Bonchev–Trinajstić information content (AvgIpc) is 2.92. The smallest absolute Gasteiger partial charge is 0.235 e. The summed E-state index contributed by atoms with van der Waals surface area (Å²) in [6.45, 7) is 2.26. The third kappa shape index (κ3) is 5.46. The van der Waals surface area contributed by atoms with E-state index in [2.05, 4.69) is 15.8 Å². The van der Waals surface area contributed by atoms with Crippen molar-refractivity contribution < 1.29 is 23.2 Å². The molecule has 0 unspecified atom stereocenters. The molecule has 2 heterocycles. The fourth-order valence-electron chi connectivity index (χ4n) is 2.77. The number of nitrogens with one attached hydrogen (secondary N) is 2. The Kier molecular flexibility index (Phi) is 6.33. The summed E-state index contributed by atoms with van der Waals surface area (Å²) in [6, 6.07) is 5.62. The van der Waals surface area contributed by atoms with Gasteiger partial charge in [-0.25, -0.2) is 4.39 Å². The second kappa shape index (κ2) is 8.90. The summed E-state index contributed by atoms with van der Waals surface area (Å²) in [4.78, 5) is 24.1. The third-order valence-corrected chi connectivity index (χ3v) is 4.87. The van der Waals surface area contributed by atoms with Crippen LogP contribution in [0.1, 0.15) is 30.2 Å². The number of rotatable bonds is 6. The summed E-state index contributed by atoms with van der Waals surface area (Å²) >= 11 is 1.19. The number of ether oxygens (including phenoxy) is 1. The molecule has 0 saturated carbocycles. The Bertz CT molecular complexity index is 827. The van der Waals surface area contributed by atoms with Crippen LogP contribution in [-0.4, -0.2) is 35.1 Å². The number of hydrogen-bond donors (Lipinski definition) is 2. The van der Waals surface area contributed by atoms with Crippen LogP contribution in [0.3, 0.4) is 0 Å². The molecule has 1 aromatic carbocycles. The van der Waals surface area contributed by atoms with E-state index < -0.39 is 0 Å². The van der Waals surface area contributed by atoms with E-state index in [-0.39, 0.29) is 35.2 Å². The summed E-state index contributed by atoms with van der Waals surface area (Å²) in [5.41, 5.74) is 0.644. The first-order valence-corrected chi connectivity index (χ1v) is 9.69. The molecule has 2 N–H and O–H groups in total. The van der Waals surface area contributed by atoms with Crippen molar-refractivity contribution in [2.24, 2.45) is 0 Å². The summed E-state index contributed by atoms with van der Waals surface area (Å²) in [5, 5.41) is 9.17. The van der Waals surface area contributed by atoms with Crippen LogP contribution in [0, 0.1) is 12.7 Å². The molecule has 0 aliphatic carbocycles. The molecule has 2 amide bonds. The number of fused-ring (bicyclic) bond motifs is 1. The van der Waals surface area contributed by atoms with Crippen LogP contribution in [0.5, 0.6) is 5.75 Å². The molecule has 144 valence electrons. The highest BCUT2D eigenvalue weighted by Gasteiger charge is 2.22. The highest BCUT2D eigenvalue weighted by molar-refractivity contribution is 8.00. The van der Waals surface area contributed by atoms with Gasteiger partial charge in [-0.15, -0.1) is 11.8 Å². The number of halogens is 1. The van der Waals surface area contributed by atoms with E-state index in [1.165, 1.54) is 23.9 Å². The maximum Gasteiger partial charge on any atom is 0.235 e. The number of nitrogens with zero attached hydrogens (tertiary/aromatic N) is 1. The number of anilines is 1.